The minimum absolute atomic E-state index is 0.191. The molecule has 2 N–H and O–H groups in total. The number of nitrogens with zero attached hydrogens (tertiary/aromatic N) is 3. The third kappa shape index (κ3) is 6.79. The quantitative estimate of drug-likeness (QED) is 0.664. The maximum atomic E-state index is 12.1. The molecule has 2 aliphatic rings. The Morgan fingerprint density at radius 3 is 2.52 bits per heavy atom. The summed E-state index contributed by atoms with van der Waals surface area (Å²) in [4.78, 5) is 19.4. The third-order valence-electron chi connectivity index (χ3n) is 5.58. The van der Waals surface area contributed by atoms with Gasteiger partial charge in [0.1, 0.15) is 0 Å². The van der Waals surface area contributed by atoms with Crippen LogP contribution in [0.5, 0.6) is 0 Å². The summed E-state index contributed by atoms with van der Waals surface area (Å²) in [5.74, 6) is 0.191. The molecule has 0 saturated carbocycles. The Morgan fingerprint density at radius 1 is 1.04 bits per heavy atom. The number of benzene rings is 1. The molecule has 0 bridgehead atoms. The predicted molar refractivity (Wildman–Crippen MR) is 111 cm³/mol. The minimum Gasteiger partial charge on any atom is -0.369 e. The van der Waals surface area contributed by atoms with Gasteiger partial charge in [-0.3, -0.25) is 9.69 Å². The number of anilines is 1. The fraction of sp³-hybridized carbons (Fsp3) is 0.667. The summed E-state index contributed by atoms with van der Waals surface area (Å²) in [6, 6.07) is 8.71. The Labute approximate surface area is 163 Å². The molecule has 0 radical (unpaired) electrons. The van der Waals surface area contributed by atoms with Crippen LogP contribution in [0.3, 0.4) is 0 Å². The van der Waals surface area contributed by atoms with Crippen molar-refractivity contribution < 1.29 is 4.79 Å². The van der Waals surface area contributed by atoms with Crippen molar-refractivity contribution in [2.24, 2.45) is 0 Å². The summed E-state index contributed by atoms with van der Waals surface area (Å²) in [5.41, 5.74) is 2.63. The van der Waals surface area contributed by atoms with Crippen molar-refractivity contribution in [1.82, 2.24) is 20.4 Å². The molecule has 2 saturated heterocycles. The van der Waals surface area contributed by atoms with Gasteiger partial charge in [-0.25, -0.2) is 0 Å². The van der Waals surface area contributed by atoms with Gasteiger partial charge in [-0.2, -0.15) is 0 Å². The van der Waals surface area contributed by atoms with Gasteiger partial charge in [0, 0.05) is 77.6 Å². The zero-order valence-corrected chi connectivity index (χ0v) is 16.8. The SMILES string of the molecule is Cc1cccc(N2CCN(CCC(=O)NCCCN3CCNCC3)CC2)c1. The van der Waals surface area contributed by atoms with Crippen molar-refractivity contribution in [3.8, 4) is 0 Å². The van der Waals surface area contributed by atoms with Crippen LogP contribution < -0.4 is 15.5 Å². The van der Waals surface area contributed by atoms with E-state index in [2.05, 4.69) is 56.5 Å². The summed E-state index contributed by atoms with van der Waals surface area (Å²) < 4.78 is 0. The number of hydrogen-bond donors (Lipinski definition) is 2. The number of aryl methyl sites for hydroxylation is 1. The van der Waals surface area contributed by atoms with Crippen LogP contribution in [0.2, 0.25) is 0 Å². The fourth-order valence-electron chi connectivity index (χ4n) is 3.87. The standard InChI is InChI=1S/C21H35N5O/c1-19-4-2-5-20(18-19)26-16-14-25(15-17-26)11-6-21(27)23-7-3-10-24-12-8-22-9-13-24/h2,4-5,18,22H,3,6-17H2,1H3,(H,23,27). The largest absolute Gasteiger partial charge is 0.369 e. The predicted octanol–water partition coefficient (Wildman–Crippen LogP) is 0.919. The molecule has 2 heterocycles. The zero-order chi connectivity index (χ0) is 18.9. The maximum Gasteiger partial charge on any atom is 0.221 e. The summed E-state index contributed by atoms with van der Waals surface area (Å²) in [7, 11) is 0. The van der Waals surface area contributed by atoms with E-state index in [1.807, 2.05) is 0 Å². The van der Waals surface area contributed by atoms with Gasteiger partial charge >= 0.3 is 0 Å². The molecule has 2 aliphatic heterocycles. The minimum atomic E-state index is 0.191. The molecule has 6 heteroatoms. The molecule has 6 nitrogen and oxygen atoms in total. The number of piperazine rings is 2. The number of rotatable bonds is 8. The molecule has 150 valence electrons. The Kier molecular flexibility index (Phi) is 7.93. The lowest BCUT2D eigenvalue weighted by Crippen LogP contribution is -2.47. The number of hydrogen-bond acceptors (Lipinski definition) is 5. The molecular weight excluding hydrogens is 338 g/mol. The molecule has 27 heavy (non-hydrogen) atoms. The van der Waals surface area contributed by atoms with Gasteiger partial charge in [0.15, 0.2) is 0 Å². The lowest BCUT2D eigenvalue weighted by atomic mass is 10.2. The molecule has 0 atom stereocenters. The highest BCUT2D eigenvalue weighted by Gasteiger charge is 2.17. The van der Waals surface area contributed by atoms with Crippen molar-refractivity contribution in [3.05, 3.63) is 29.8 Å². The van der Waals surface area contributed by atoms with Gasteiger partial charge < -0.3 is 20.4 Å². The molecule has 0 aromatic heterocycles. The van der Waals surface area contributed by atoms with Gasteiger partial charge in [0.25, 0.3) is 0 Å². The van der Waals surface area contributed by atoms with E-state index in [0.29, 0.717) is 6.42 Å². The van der Waals surface area contributed by atoms with Gasteiger partial charge in [-0.15, -0.1) is 0 Å². The van der Waals surface area contributed by atoms with Crippen LogP contribution in [0.1, 0.15) is 18.4 Å². The van der Waals surface area contributed by atoms with Gasteiger partial charge in [-0.05, 0) is 37.6 Å². The Morgan fingerprint density at radius 2 is 1.78 bits per heavy atom. The monoisotopic (exact) mass is 373 g/mol. The van der Waals surface area contributed by atoms with Crippen LogP contribution in [0, 0.1) is 6.92 Å². The highest BCUT2D eigenvalue weighted by Crippen LogP contribution is 2.17. The van der Waals surface area contributed by atoms with Crippen molar-refractivity contribution >= 4 is 11.6 Å². The van der Waals surface area contributed by atoms with Crippen LogP contribution >= 0.6 is 0 Å². The summed E-state index contributed by atoms with van der Waals surface area (Å²) in [5, 5.41) is 6.45. The first-order valence-corrected chi connectivity index (χ1v) is 10.4. The molecule has 3 rings (SSSR count). The van der Waals surface area contributed by atoms with Gasteiger partial charge in [0.05, 0.1) is 0 Å². The van der Waals surface area contributed by atoms with Crippen LogP contribution in [0.4, 0.5) is 5.69 Å². The van der Waals surface area contributed by atoms with Crippen LogP contribution in [0.25, 0.3) is 0 Å². The number of carbonyl (C=O) groups is 1. The molecule has 1 amide bonds. The first kappa shape index (κ1) is 20.1. The fourth-order valence-corrected chi connectivity index (χ4v) is 3.87. The molecule has 1 aromatic rings. The molecular formula is C21H35N5O. The first-order valence-electron chi connectivity index (χ1n) is 10.4. The summed E-state index contributed by atoms with van der Waals surface area (Å²) in [6.45, 7) is 13.5. The zero-order valence-electron chi connectivity index (χ0n) is 16.8. The van der Waals surface area contributed by atoms with Crippen LogP contribution in [-0.4, -0.2) is 87.7 Å². The van der Waals surface area contributed by atoms with Gasteiger partial charge in [0.2, 0.25) is 5.91 Å². The van der Waals surface area contributed by atoms with E-state index in [9.17, 15) is 4.79 Å². The normalized spacial score (nSPS) is 19.2. The molecule has 0 aliphatic carbocycles. The highest BCUT2D eigenvalue weighted by molar-refractivity contribution is 5.76. The lowest BCUT2D eigenvalue weighted by Gasteiger charge is -2.36. The second-order valence-electron chi connectivity index (χ2n) is 7.71. The van der Waals surface area contributed by atoms with E-state index < -0.39 is 0 Å². The number of carbonyl (C=O) groups excluding carboxylic acids is 1. The van der Waals surface area contributed by atoms with Crippen molar-refractivity contribution in [2.45, 2.75) is 19.8 Å². The Balaban J connectivity index is 1.25. The van der Waals surface area contributed by atoms with Crippen LogP contribution in [-0.2, 0) is 4.79 Å². The average Bonchev–Trinajstić information content (AvgIpc) is 2.71. The molecule has 1 aromatic carbocycles. The van der Waals surface area contributed by atoms with E-state index in [1.54, 1.807) is 0 Å². The summed E-state index contributed by atoms with van der Waals surface area (Å²) in [6.07, 6.45) is 1.65. The Hall–Kier alpha value is -1.63. The number of amides is 1. The third-order valence-corrected chi connectivity index (χ3v) is 5.58. The van der Waals surface area contributed by atoms with Crippen molar-refractivity contribution in [3.63, 3.8) is 0 Å². The van der Waals surface area contributed by atoms with Crippen molar-refractivity contribution in [1.29, 1.82) is 0 Å². The van der Waals surface area contributed by atoms with E-state index in [1.165, 1.54) is 11.3 Å². The maximum absolute atomic E-state index is 12.1. The average molecular weight is 374 g/mol. The lowest BCUT2D eigenvalue weighted by molar-refractivity contribution is -0.121. The van der Waals surface area contributed by atoms with E-state index >= 15 is 0 Å². The summed E-state index contributed by atoms with van der Waals surface area (Å²) >= 11 is 0. The molecule has 2 fully saturated rings. The van der Waals surface area contributed by atoms with E-state index in [-0.39, 0.29) is 5.91 Å². The smallest absolute Gasteiger partial charge is 0.221 e. The number of nitrogens with one attached hydrogen (secondary N) is 2. The van der Waals surface area contributed by atoms with E-state index in [4.69, 9.17) is 0 Å². The second-order valence-corrected chi connectivity index (χ2v) is 7.71. The first-order chi connectivity index (χ1) is 13.2. The highest BCUT2D eigenvalue weighted by atomic mass is 16.1. The van der Waals surface area contributed by atoms with Gasteiger partial charge in [-0.1, -0.05) is 12.1 Å². The van der Waals surface area contributed by atoms with Crippen molar-refractivity contribution in [2.75, 3.05) is 76.9 Å². The topological polar surface area (TPSA) is 50.9 Å². The van der Waals surface area contributed by atoms with Crippen LogP contribution in [0.15, 0.2) is 24.3 Å². The Bertz CT molecular complexity index is 580. The van der Waals surface area contributed by atoms with E-state index in [0.717, 1.165) is 78.4 Å². The molecule has 0 unspecified atom stereocenters. The second kappa shape index (κ2) is 10.6. The molecule has 0 spiro atoms.